The number of nitrogens with zero attached hydrogens (tertiary/aromatic N) is 2. The van der Waals surface area contributed by atoms with Crippen molar-refractivity contribution in [3.8, 4) is 5.88 Å². The molecule has 1 aromatic heterocycles. The van der Waals surface area contributed by atoms with Crippen molar-refractivity contribution < 1.29 is 9.47 Å². The van der Waals surface area contributed by atoms with Crippen molar-refractivity contribution >= 4 is 0 Å². The standard InChI is InChI=1S/C17H20N2O4/c1-4-22-13-10-12(11-8-6-5-7-9-11)14-15(20)18(2)17(21)19(3)16(14)23-13/h5-9,12-13H,4,10H2,1-3H3/t12-,13-/m1/s1. The molecule has 0 spiro atoms. The van der Waals surface area contributed by atoms with Gasteiger partial charge in [0, 0.05) is 33.0 Å². The highest BCUT2D eigenvalue weighted by Crippen LogP contribution is 2.37. The maximum atomic E-state index is 12.7. The Labute approximate surface area is 133 Å². The minimum atomic E-state index is -0.476. The van der Waals surface area contributed by atoms with Crippen molar-refractivity contribution in [2.45, 2.75) is 25.6 Å². The molecule has 0 aliphatic carbocycles. The highest BCUT2D eigenvalue weighted by molar-refractivity contribution is 5.39. The van der Waals surface area contributed by atoms with Gasteiger partial charge in [-0.05, 0) is 12.5 Å². The molecule has 1 aliphatic heterocycles. The molecule has 2 atom stereocenters. The van der Waals surface area contributed by atoms with E-state index in [1.165, 1.54) is 11.6 Å². The van der Waals surface area contributed by atoms with E-state index < -0.39 is 12.0 Å². The Balaban J connectivity index is 2.24. The first-order chi connectivity index (χ1) is 11.0. The molecule has 0 radical (unpaired) electrons. The second kappa shape index (κ2) is 6.04. The molecule has 0 unspecified atom stereocenters. The molecule has 6 heteroatoms. The summed E-state index contributed by atoms with van der Waals surface area (Å²) < 4.78 is 13.9. The molecular formula is C17H20N2O4. The van der Waals surface area contributed by atoms with E-state index in [9.17, 15) is 9.59 Å². The van der Waals surface area contributed by atoms with Crippen LogP contribution in [0.25, 0.3) is 0 Å². The maximum absolute atomic E-state index is 12.7. The quantitative estimate of drug-likeness (QED) is 0.858. The fraction of sp³-hybridized carbons (Fsp3) is 0.412. The lowest BCUT2D eigenvalue weighted by molar-refractivity contribution is -0.0943. The first kappa shape index (κ1) is 15.6. The predicted molar refractivity (Wildman–Crippen MR) is 85.9 cm³/mol. The third-order valence-corrected chi connectivity index (χ3v) is 4.22. The number of benzene rings is 1. The fourth-order valence-electron chi connectivity index (χ4n) is 3.05. The van der Waals surface area contributed by atoms with Crippen molar-refractivity contribution in [2.24, 2.45) is 14.1 Å². The third kappa shape index (κ3) is 2.59. The molecule has 0 fully saturated rings. The summed E-state index contributed by atoms with van der Waals surface area (Å²) in [5.74, 6) is 0.138. The number of fused-ring (bicyclic) bond motifs is 1. The van der Waals surface area contributed by atoms with E-state index in [2.05, 4.69) is 0 Å². The van der Waals surface area contributed by atoms with Crippen LogP contribution in [0.3, 0.4) is 0 Å². The Morgan fingerprint density at radius 1 is 1.17 bits per heavy atom. The molecule has 1 aliphatic rings. The van der Waals surface area contributed by atoms with Crippen molar-refractivity contribution in [2.75, 3.05) is 6.61 Å². The summed E-state index contributed by atoms with van der Waals surface area (Å²) in [6.07, 6.45) is 0.0635. The average molecular weight is 316 g/mol. The van der Waals surface area contributed by atoms with E-state index in [1.807, 2.05) is 37.3 Å². The molecule has 0 saturated carbocycles. The van der Waals surface area contributed by atoms with Crippen molar-refractivity contribution in [3.05, 3.63) is 62.3 Å². The van der Waals surface area contributed by atoms with Crippen molar-refractivity contribution in [1.82, 2.24) is 9.13 Å². The molecule has 6 nitrogen and oxygen atoms in total. The normalized spacial score (nSPS) is 20.0. The summed E-state index contributed by atoms with van der Waals surface area (Å²) in [4.78, 5) is 24.8. The Morgan fingerprint density at radius 2 is 1.87 bits per heavy atom. The molecule has 0 N–H and O–H groups in total. The highest BCUT2D eigenvalue weighted by Gasteiger charge is 2.35. The van der Waals surface area contributed by atoms with Gasteiger partial charge in [-0.25, -0.2) is 4.79 Å². The summed E-state index contributed by atoms with van der Waals surface area (Å²) in [7, 11) is 3.10. The third-order valence-electron chi connectivity index (χ3n) is 4.22. The Kier molecular flexibility index (Phi) is 4.09. The van der Waals surface area contributed by atoms with E-state index >= 15 is 0 Å². The van der Waals surface area contributed by atoms with E-state index in [-0.39, 0.29) is 11.5 Å². The first-order valence-electron chi connectivity index (χ1n) is 7.67. The Bertz CT molecular complexity index is 823. The summed E-state index contributed by atoms with van der Waals surface area (Å²) >= 11 is 0. The zero-order valence-corrected chi connectivity index (χ0v) is 13.5. The van der Waals surface area contributed by atoms with Gasteiger partial charge in [-0.2, -0.15) is 0 Å². The number of hydrogen-bond donors (Lipinski definition) is 0. The molecule has 0 saturated heterocycles. The van der Waals surface area contributed by atoms with Crippen LogP contribution >= 0.6 is 0 Å². The molecule has 0 bridgehead atoms. The van der Waals surface area contributed by atoms with Gasteiger partial charge < -0.3 is 9.47 Å². The Hall–Kier alpha value is -2.34. The summed E-state index contributed by atoms with van der Waals surface area (Å²) in [6, 6.07) is 9.77. The van der Waals surface area contributed by atoms with Crippen LogP contribution in [0, 0.1) is 0 Å². The number of aromatic nitrogens is 2. The lowest BCUT2D eigenvalue weighted by Crippen LogP contribution is -2.44. The molecule has 23 heavy (non-hydrogen) atoms. The largest absolute Gasteiger partial charge is 0.449 e. The van der Waals surface area contributed by atoms with Crippen LogP contribution in [-0.2, 0) is 18.8 Å². The van der Waals surface area contributed by atoms with Crippen LogP contribution in [0.15, 0.2) is 39.9 Å². The monoisotopic (exact) mass is 316 g/mol. The molecule has 2 aromatic rings. The minimum Gasteiger partial charge on any atom is -0.449 e. The van der Waals surface area contributed by atoms with E-state index in [1.54, 1.807) is 7.05 Å². The topological polar surface area (TPSA) is 62.5 Å². The van der Waals surface area contributed by atoms with Crippen molar-refractivity contribution in [3.63, 3.8) is 0 Å². The van der Waals surface area contributed by atoms with Gasteiger partial charge in [0.15, 0.2) is 0 Å². The molecular weight excluding hydrogens is 296 g/mol. The van der Waals surface area contributed by atoms with Crippen LogP contribution in [-0.4, -0.2) is 22.0 Å². The fourth-order valence-corrected chi connectivity index (χ4v) is 3.05. The van der Waals surface area contributed by atoms with Crippen LogP contribution in [0.5, 0.6) is 5.88 Å². The number of hydrogen-bond acceptors (Lipinski definition) is 4. The van der Waals surface area contributed by atoms with Crippen LogP contribution in [0.4, 0.5) is 0 Å². The van der Waals surface area contributed by atoms with E-state index in [0.29, 0.717) is 24.5 Å². The number of rotatable bonds is 3. The molecule has 0 amide bonds. The Morgan fingerprint density at radius 3 is 2.52 bits per heavy atom. The van der Waals surface area contributed by atoms with Crippen LogP contribution in [0.2, 0.25) is 0 Å². The van der Waals surface area contributed by atoms with Gasteiger partial charge in [0.05, 0.1) is 5.56 Å². The van der Waals surface area contributed by atoms with Gasteiger partial charge in [-0.3, -0.25) is 13.9 Å². The lowest BCUT2D eigenvalue weighted by Gasteiger charge is -2.32. The van der Waals surface area contributed by atoms with Crippen LogP contribution < -0.4 is 16.0 Å². The van der Waals surface area contributed by atoms with E-state index in [0.717, 1.165) is 10.1 Å². The second-order valence-corrected chi connectivity index (χ2v) is 5.63. The van der Waals surface area contributed by atoms with Crippen LogP contribution in [0.1, 0.15) is 30.4 Å². The zero-order chi connectivity index (χ0) is 16.6. The highest BCUT2D eigenvalue weighted by atomic mass is 16.7. The number of ether oxygens (including phenoxy) is 2. The van der Waals surface area contributed by atoms with Gasteiger partial charge in [0.25, 0.3) is 5.56 Å². The zero-order valence-electron chi connectivity index (χ0n) is 13.5. The smallest absolute Gasteiger partial charge is 0.333 e. The van der Waals surface area contributed by atoms with Gasteiger partial charge in [-0.1, -0.05) is 30.3 Å². The SMILES string of the molecule is CCO[C@H]1C[C@H](c2ccccc2)c2c(n(C)c(=O)n(C)c2=O)O1. The summed E-state index contributed by atoms with van der Waals surface area (Å²) in [5, 5.41) is 0. The summed E-state index contributed by atoms with van der Waals surface area (Å²) in [5.41, 5.74) is 0.805. The first-order valence-corrected chi connectivity index (χ1v) is 7.67. The predicted octanol–water partition coefficient (Wildman–Crippen LogP) is 1.36. The minimum absolute atomic E-state index is 0.165. The molecule has 3 rings (SSSR count). The molecule has 122 valence electrons. The second-order valence-electron chi connectivity index (χ2n) is 5.63. The lowest BCUT2D eigenvalue weighted by atomic mass is 9.88. The van der Waals surface area contributed by atoms with Gasteiger partial charge in [-0.15, -0.1) is 0 Å². The van der Waals surface area contributed by atoms with E-state index in [4.69, 9.17) is 9.47 Å². The maximum Gasteiger partial charge on any atom is 0.333 e. The molecule has 2 heterocycles. The van der Waals surface area contributed by atoms with Gasteiger partial charge in [0.1, 0.15) is 0 Å². The van der Waals surface area contributed by atoms with Gasteiger partial charge in [0.2, 0.25) is 12.2 Å². The average Bonchev–Trinajstić information content (AvgIpc) is 2.58. The summed E-state index contributed by atoms with van der Waals surface area (Å²) in [6.45, 7) is 2.39. The molecule has 1 aromatic carbocycles. The van der Waals surface area contributed by atoms with Crippen molar-refractivity contribution in [1.29, 1.82) is 0 Å². The van der Waals surface area contributed by atoms with Gasteiger partial charge >= 0.3 is 5.69 Å².